The first-order valence-corrected chi connectivity index (χ1v) is 6.25. The van der Waals surface area contributed by atoms with Crippen LogP contribution in [-0.4, -0.2) is 58.6 Å². The predicted octanol–water partition coefficient (Wildman–Crippen LogP) is 0.439. The monoisotopic (exact) mass is 266 g/mol. The van der Waals surface area contributed by atoms with Crippen LogP contribution in [0.5, 0.6) is 0 Å². The number of carbonyl (C=O) groups excluding carboxylic acids is 2. The summed E-state index contributed by atoms with van der Waals surface area (Å²) in [6.45, 7) is 3.99. The van der Waals surface area contributed by atoms with Crippen LogP contribution in [0.4, 0.5) is 0 Å². The van der Waals surface area contributed by atoms with Gasteiger partial charge in [0.25, 0.3) is 5.91 Å². The number of morpholine rings is 1. The van der Waals surface area contributed by atoms with Crippen molar-refractivity contribution < 1.29 is 19.4 Å². The molecule has 2 rings (SSSR count). The van der Waals surface area contributed by atoms with E-state index in [2.05, 4.69) is 4.98 Å². The third-order valence-corrected chi connectivity index (χ3v) is 3.29. The SMILES string of the molecule is CC(=O)c1c[nH]c(C(=O)N2CC(CO)OCC2C)c1. The van der Waals surface area contributed by atoms with Gasteiger partial charge in [-0.1, -0.05) is 0 Å². The minimum Gasteiger partial charge on any atom is -0.394 e. The number of aromatic amines is 1. The first kappa shape index (κ1) is 13.8. The Hall–Kier alpha value is -1.66. The molecule has 0 aromatic carbocycles. The fourth-order valence-corrected chi connectivity index (χ4v) is 2.09. The molecule has 2 N–H and O–H groups in total. The second-order valence-corrected chi connectivity index (χ2v) is 4.80. The van der Waals surface area contributed by atoms with Crippen molar-refractivity contribution in [2.75, 3.05) is 19.8 Å². The van der Waals surface area contributed by atoms with Crippen LogP contribution in [0.2, 0.25) is 0 Å². The maximum atomic E-state index is 12.4. The number of H-pyrrole nitrogens is 1. The molecule has 6 nitrogen and oxygen atoms in total. The number of aliphatic hydroxyl groups is 1. The number of aliphatic hydroxyl groups excluding tert-OH is 1. The second-order valence-electron chi connectivity index (χ2n) is 4.80. The van der Waals surface area contributed by atoms with Crippen molar-refractivity contribution in [1.29, 1.82) is 0 Å². The molecule has 1 amide bonds. The molecule has 2 atom stereocenters. The smallest absolute Gasteiger partial charge is 0.270 e. The Balaban J connectivity index is 2.14. The number of hydrogen-bond acceptors (Lipinski definition) is 4. The molecule has 104 valence electrons. The van der Waals surface area contributed by atoms with Crippen molar-refractivity contribution >= 4 is 11.7 Å². The summed E-state index contributed by atoms with van der Waals surface area (Å²) >= 11 is 0. The first-order chi connectivity index (χ1) is 9.02. The number of nitrogens with zero attached hydrogens (tertiary/aromatic N) is 1. The van der Waals surface area contributed by atoms with Crippen LogP contribution >= 0.6 is 0 Å². The molecule has 0 radical (unpaired) electrons. The molecule has 1 fully saturated rings. The van der Waals surface area contributed by atoms with E-state index in [1.807, 2.05) is 6.92 Å². The predicted molar refractivity (Wildman–Crippen MR) is 68.1 cm³/mol. The molecular formula is C13H18N2O4. The van der Waals surface area contributed by atoms with E-state index in [1.54, 1.807) is 11.0 Å². The summed E-state index contributed by atoms with van der Waals surface area (Å²) in [5, 5.41) is 9.11. The number of nitrogens with one attached hydrogen (secondary N) is 1. The number of rotatable bonds is 3. The first-order valence-electron chi connectivity index (χ1n) is 6.25. The Kier molecular flexibility index (Phi) is 4.01. The highest BCUT2D eigenvalue weighted by molar-refractivity contribution is 5.99. The van der Waals surface area contributed by atoms with E-state index >= 15 is 0 Å². The van der Waals surface area contributed by atoms with Gasteiger partial charge in [-0.25, -0.2) is 0 Å². The summed E-state index contributed by atoms with van der Waals surface area (Å²) < 4.78 is 5.39. The fraction of sp³-hybridized carbons (Fsp3) is 0.538. The maximum Gasteiger partial charge on any atom is 0.270 e. The average molecular weight is 266 g/mol. The molecule has 1 aliphatic rings. The molecule has 1 saturated heterocycles. The maximum absolute atomic E-state index is 12.4. The highest BCUT2D eigenvalue weighted by Crippen LogP contribution is 2.16. The molecule has 2 heterocycles. The third-order valence-electron chi connectivity index (χ3n) is 3.29. The Labute approximate surface area is 111 Å². The highest BCUT2D eigenvalue weighted by atomic mass is 16.5. The third kappa shape index (κ3) is 2.85. The van der Waals surface area contributed by atoms with Gasteiger partial charge in [0, 0.05) is 18.3 Å². The molecule has 0 bridgehead atoms. The number of Topliss-reactive ketones (excluding diaryl/α,β-unsaturated/α-hetero) is 1. The molecule has 1 aromatic rings. The molecule has 6 heteroatoms. The zero-order chi connectivity index (χ0) is 14.0. The van der Waals surface area contributed by atoms with Gasteiger partial charge < -0.3 is 19.7 Å². The minimum atomic E-state index is -0.345. The lowest BCUT2D eigenvalue weighted by molar-refractivity contribution is -0.0668. The summed E-state index contributed by atoms with van der Waals surface area (Å²) in [5.41, 5.74) is 0.874. The van der Waals surface area contributed by atoms with Crippen LogP contribution in [-0.2, 0) is 4.74 Å². The van der Waals surface area contributed by atoms with Crippen LogP contribution in [0.25, 0.3) is 0 Å². The van der Waals surface area contributed by atoms with Crippen molar-refractivity contribution in [3.63, 3.8) is 0 Å². The highest BCUT2D eigenvalue weighted by Gasteiger charge is 2.30. The van der Waals surface area contributed by atoms with Gasteiger partial charge in [0.1, 0.15) is 5.69 Å². The van der Waals surface area contributed by atoms with Crippen LogP contribution in [0.15, 0.2) is 12.3 Å². The summed E-state index contributed by atoms with van der Waals surface area (Å²) in [7, 11) is 0. The van der Waals surface area contributed by atoms with E-state index in [0.29, 0.717) is 24.4 Å². The Bertz CT molecular complexity index is 483. The van der Waals surface area contributed by atoms with E-state index in [0.717, 1.165) is 0 Å². The second kappa shape index (κ2) is 5.54. The Morgan fingerprint density at radius 3 is 2.89 bits per heavy atom. The van der Waals surface area contributed by atoms with Gasteiger partial charge in [-0.15, -0.1) is 0 Å². The standard InChI is InChI=1S/C13H18N2O4/c1-8-7-19-11(6-16)5-15(8)13(18)12-3-10(4-14-12)9(2)17/h3-4,8,11,14,16H,5-7H2,1-2H3. The molecule has 19 heavy (non-hydrogen) atoms. The Morgan fingerprint density at radius 1 is 1.58 bits per heavy atom. The molecule has 0 spiro atoms. The van der Waals surface area contributed by atoms with Crippen LogP contribution in [0, 0.1) is 0 Å². The van der Waals surface area contributed by atoms with E-state index < -0.39 is 0 Å². The van der Waals surface area contributed by atoms with Crippen molar-refractivity contribution in [1.82, 2.24) is 9.88 Å². The minimum absolute atomic E-state index is 0.0561. The number of ether oxygens (including phenoxy) is 1. The average Bonchev–Trinajstić information content (AvgIpc) is 2.88. The number of aromatic nitrogens is 1. The lowest BCUT2D eigenvalue weighted by Gasteiger charge is -2.37. The number of carbonyl (C=O) groups is 2. The molecule has 1 aliphatic heterocycles. The number of ketones is 1. The fourth-order valence-electron chi connectivity index (χ4n) is 2.09. The van der Waals surface area contributed by atoms with Crippen LogP contribution in [0.1, 0.15) is 34.7 Å². The van der Waals surface area contributed by atoms with E-state index in [1.165, 1.54) is 13.1 Å². The number of hydrogen-bond donors (Lipinski definition) is 2. The van der Waals surface area contributed by atoms with E-state index in [4.69, 9.17) is 9.84 Å². The van der Waals surface area contributed by atoms with Gasteiger partial charge in [0.15, 0.2) is 5.78 Å². The van der Waals surface area contributed by atoms with Crippen LogP contribution in [0.3, 0.4) is 0 Å². The largest absolute Gasteiger partial charge is 0.394 e. The van der Waals surface area contributed by atoms with Gasteiger partial charge in [-0.05, 0) is 19.9 Å². The van der Waals surface area contributed by atoms with Crippen molar-refractivity contribution in [3.8, 4) is 0 Å². The van der Waals surface area contributed by atoms with Crippen molar-refractivity contribution in [3.05, 3.63) is 23.5 Å². The van der Waals surface area contributed by atoms with Gasteiger partial charge in [-0.2, -0.15) is 0 Å². The quantitative estimate of drug-likeness (QED) is 0.778. The van der Waals surface area contributed by atoms with E-state index in [9.17, 15) is 9.59 Å². The summed E-state index contributed by atoms with van der Waals surface area (Å²) in [4.78, 5) is 28.1. The molecule has 0 saturated carbocycles. The lowest BCUT2D eigenvalue weighted by Crippen LogP contribution is -2.52. The van der Waals surface area contributed by atoms with Gasteiger partial charge in [0.05, 0.1) is 25.4 Å². The van der Waals surface area contributed by atoms with Crippen molar-refractivity contribution in [2.24, 2.45) is 0 Å². The van der Waals surface area contributed by atoms with Crippen LogP contribution < -0.4 is 0 Å². The van der Waals surface area contributed by atoms with Gasteiger partial charge in [-0.3, -0.25) is 9.59 Å². The molecule has 2 unspecified atom stereocenters. The normalized spacial score (nSPS) is 23.4. The van der Waals surface area contributed by atoms with Gasteiger partial charge >= 0.3 is 0 Å². The van der Waals surface area contributed by atoms with E-state index in [-0.39, 0.29) is 30.4 Å². The molecular weight excluding hydrogens is 248 g/mol. The summed E-state index contributed by atoms with van der Waals surface area (Å²) in [6.07, 6.45) is 1.19. The molecule has 0 aliphatic carbocycles. The number of amides is 1. The zero-order valence-electron chi connectivity index (χ0n) is 11.0. The summed E-state index contributed by atoms with van der Waals surface area (Å²) in [5.74, 6) is -0.264. The van der Waals surface area contributed by atoms with Crippen molar-refractivity contribution in [2.45, 2.75) is 26.0 Å². The summed E-state index contributed by atoms with van der Waals surface area (Å²) in [6, 6.07) is 1.50. The Morgan fingerprint density at radius 2 is 2.32 bits per heavy atom. The zero-order valence-corrected chi connectivity index (χ0v) is 11.0. The van der Waals surface area contributed by atoms with Gasteiger partial charge in [0.2, 0.25) is 0 Å². The molecule has 1 aromatic heterocycles. The topological polar surface area (TPSA) is 82.6 Å². The lowest BCUT2D eigenvalue weighted by atomic mass is 10.1.